The maximum absolute atomic E-state index is 13.3. The average molecular weight is 347 g/mol. The van der Waals surface area contributed by atoms with Gasteiger partial charge in [-0.3, -0.25) is 0 Å². The van der Waals surface area contributed by atoms with Crippen molar-refractivity contribution in [2.75, 3.05) is 0 Å². The van der Waals surface area contributed by atoms with Crippen molar-refractivity contribution < 1.29 is 17.2 Å². The van der Waals surface area contributed by atoms with Crippen molar-refractivity contribution in [3.63, 3.8) is 0 Å². The highest BCUT2D eigenvalue weighted by Crippen LogP contribution is 2.21. The summed E-state index contributed by atoms with van der Waals surface area (Å²) >= 11 is 2.99. The molecule has 0 saturated heterocycles. The highest BCUT2D eigenvalue weighted by atomic mass is 79.9. The third-order valence-electron chi connectivity index (χ3n) is 2.50. The summed E-state index contributed by atoms with van der Waals surface area (Å²) in [5, 5.41) is 0. The zero-order valence-electron chi connectivity index (χ0n) is 9.61. The van der Waals surface area contributed by atoms with E-state index in [0.29, 0.717) is 5.56 Å². The van der Waals surface area contributed by atoms with E-state index in [0.717, 1.165) is 18.2 Å². The molecule has 0 fully saturated rings. The summed E-state index contributed by atoms with van der Waals surface area (Å²) in [6, 6.07) is 8.83. The molecular weight excluding hydrogens is 338 g/mol. The van der Waals surface area contributed by atoms with Crippen LogP contribution in [0.15, 0.2) is 51.8 Å². The average Bonchev–Trinajstić information content (AvgIpc) is 2.33. The van der Waals surface area contributed by atoms with Crippen LogP contribution in [0, 0.1) is 11.6 Å². The maximum Gasteiger partial charge on any atom is 0.182 e. The van der Waals surface area contributed by atoms with Crippen LogP contribution in [-0.2, 0) is 15.6 Å². The lowest BCUT2D eigenvalue weighted by molar-refractivity contribution is 0.589. The molecule has 2 nitrogen and oxygen atoms in total. The molecule has 0 bridgehead atoms. The molecule has 0 aromatic heterocycles. The smallest absolute Gasteiger partial charge is 0.182 e. The van der Waals surface area contributed by atoms with Crippen molar-refractivity contribution in [1.29, 1.82) is 0 Å². The van der Waals surface area contributed by atoms with Crippen LogP contribution in [0.3, 0.4) is 0 Å². The molecular formula is C13H9BrF2O2S. The number of hydrogen-bond acceptors (Lipinski definition) is 2. The zero-order valence-corrected chi connectivity index (χ0v) is 12.0. The Hall–Kier alpha value is -1.27. The molecule has 6 heteroatoms. The van der Waals surface area contributed by atoms with Crippen LogP contribution in [0.5, 0.6) is 0 Å². The second-order valence-electron chi connectivity index (χ2n) is 3.96. The molecule has 0 unspecified atom stereocenters. The van der Waals surface area contributed by atoms with Crippen LogP contribution in [-0.4, -0.2) is 8.42 Å². The van der Waals surface area contributed by atoms with E-state index in [-0.39, 0.29) is 15.1 Å². The summed E-state index contributed by atoms with van der Waals surface area (Å²) in [5.74, 6) is -1.53. The summed E-state index contributed by atoms with van der Waals surface area (Å²) in [6.07, 6.45) is 0. The standard InChI is InChI=1S/C13H9BrF2O2S/c14-12-5-4-9(6-13(12)16)8-19(17,18)11-3-1-2-10(15)7-11/h1-7H,8H2. The third-order valence-corrected chi connectivity index (χ3v) is 4.82. The van der Waals surface area contributed by atoms with Gasteiger partial charge in [-0.25, -0.2) is 17.2 Å². The van der Waals surface area contributed by atoms with Crippen LogP contribution in [0.25, 0.3) is 0 Å². The van der Waals surface area contributed by atoms with Crippen molar-refractivity contribution in [2.45, 2.75) is 10.6 Å². The molecule has 0 amide bonds. The third kappa shape index (κ3) is 3.39. The lowest BCUT2D eigenvalue weighted by Crippen LogP contribution is -2.05. The van der Waals surface area contributed by atoms with Crippen LogP contribution < -0.4 is 0 Å². The van der Waals surface area contributed by atoms with E-state index < -0.39 is 21.5 Å². The molecule has 0 aliphatic rings. The van der Waals surface area contributed by atoms with Crippen molar-refractivity contribution in [1.82, 2.24) is 0 Å². The second-order valence-corrected chi connectivity index (χ2v) is 6.81. The molecule has 2 aromatic carbocycles. The normalized spacial score (nSPS) is 11.5. The van der Waals surface area contributed by atoms with Gasteiger partial charge >= 0.3 is 0 Å². The lowest BCUT2D eigenvalue weighted by atomic mass is 10.2. The lowest BCUT2D eigenvalue weighted by Gasteiger charge is -2.05. The molecule has 2 aromatic rings. The fourth-order valence-corrected chi connectivity index (χ4v) is 3.20. The first-order valence-corrected chi connectivity index (χ1v) is 7.75. The van der Waals surface area contributed by atoms with Gasteiger partial charge in [0.1, 0.15) is 11.6 Å². The Morgan fingerprint density at radius 2 is 1.79 bits per heavy atom. The van der Waals surface area contributed by atoms with Gasteiger partial charge < -0.3 is 0 Å². The molecule has 19 heavy (non-hydrogen) atoms. The Balaban J connectivity index is 2.33. The predicted octanol–water partition coefficient (Wildman–Crippen LogP) is 3.70. The zero-order chi connectivity index (χ0) is 14.0. The van der Waals surface area contributed by atoms with Gasteiger partial charge in [0.25, 0.3) is 0 Å². The van der Waals surface area contributed by atoms with Gasteiger partial charge in [-0.1, -0.05) is 12.1 Å². The summed E-state index contributed by atoms with van der Waals surface area (Å²) in [6.45, 7) is 0. The molecule has 0 heterocycles. The van der Waals surface area contributed by atoms with Gasteiger partial charge in [0, 0.05) is 0 Å². The summed E-state index contributed by atoms with van der Waals surface area (Å²) in [7, 11) is -3.69. The first-order chi connectivity index (χ1) is 8.88. The minimum absolute atomic E-state index is 0.115. The van der Waals surface area contributed by atoms with Gasteiger partial charge in [-0.2, -0.15) is 0 Å². The van der Waals surface area contributed by atoms with Crippen LogP contribution >= 0.6 is 15.9 Å². The van der Waals surface area contributed by atoms with E-state index in [1.807, 2.05) is 0 Å². The molecule has 0 aliphatic carbocycles. The van der Waals surface area contributed by atoms with Crippen molar-refractivity contribution in [2.24, 2.45) is 0 Å². The fraction of sp³-hybridized carbons (Fsp3) is 0.0769. The predicted molar refractivity (Wildman–Crippen MR) is 71.4 cm³/mol. The Bertz CT molecular complexity index is 714. The van der Waals surface area contributed by atoms with E-state index in [2.05, 4.69) is 15.9 Å². The maximum atomic E-state index is 13.3. The van der Waals surface area contributed by atoms with Gasteiger partial charge in [-0.15, -0.1) is 0 Å². The first-order valence-electron chi connectivity index (χ1n) is 5.31. The molecule has 0 saturated carbocycles. The quantitative estimate of drug-likeness (QED) is 0.849. The SMILES string of the molecule is O=S(=O)(Cc1ccc(Br)c(F)c1)c1cccc(F)c1. The molecule has 0 N–H and O–H groups in total. The van der Waals surface area contributed by atoms with Crippen molar-refractivity contribution in [3.05, 3.63) is 64.1 Å². The Morgan fingerprint density at radius 1 is 1.05 bits per heavy atom. The minimum atomic E-state index is -3.69. The number of halogens is 3. The highest BCUT2D eigenvalue weighted by Gasteiger charge is 2.16. The Kier molecular flexibility index (Phi) is 4.01. The number of sulfone groups is 1. The second kappa shape index (κ2) is 5.38. The highest BCUT2D eigenvalue weighted by molar-refractivity contribution is 9.10. The van der Waals surface area contributed by atoms with Gasteiger partial charge in [-0.05, 0) is 51.8 Å². The summed E-state index contributed by atoms with van der Waals surface area (Å²) in [5.41, 5.74) is 0.310. The van der Waals surface area contributed by atoms with Gasteiger partial charge in [0.2, 0.25) is 0 Å². The number of benzene rings is 2. The van der Waals surface area contributed by atoms with E-state index in [4.69, 9.17) is 0 Å². The van der Waals surface area contributed by atoms with Gasteiger partial charge in [0.15, 0.2) is 9.84 Å². The molecule has 100 valence electrons. The summed E-state index contributed by atoms with van der Waals surface area (Å²) < 4.78 is 50.7. The monoisotopic (exact) mass is 346 g/mol. The number of hydrogen-bond donors (Lipinski definition) is 0. The molecule has 0 radical (unpaired) electrons. The van der Waals surface area contributed by atoms with Crippen molar-refractivity contribution >= 4 is 25.8 Å². The van der Waals surface area contributed by atoms with E-state index >= 15 is 0 Å². The van der Waals surface area contributed by atoms with Crippen LogP contribution in [0.1, 0.15) is 5.56 Å². The largest absolute Gasteiger partial charge is 0.223 e. The van der Waals surface area contributed by atoms with Crippen molar-refractivity contribution in [3.8, 4) is 0 Å². The van der Waals surface area contributed by atoms with E-state index in [1.54, 1.807) is 0 Å². The first kappa shape index (κ1) is 14.1. The molecule has 2 rings (SSSR count). The van der Waals surface area contributed by atoms with Crippen LogP contribution in [0.2, 0.25) is 0 Å². The minimum Gasteiger partial charge on any atom is -0.223 e. The molecule has 0 aliphatic heterocycles. The topological polar surface area (TPSA) is 34.1 Å². The fourth-order valence-electron chi connectivity index (χ4n) is 1.59. The molecule has 0 spiro atoms. The Labute approximate surface area is 118 Å². The molecule has 0 atom stereocenters. The number of rotatable bonds is 3. The summed E-state index contributed by atoms with van der Waals surface area (Å²) in [4.78, 5) is -0.115. The van der Waals surface area contributed by atoms with Gasteiger partial charge in [0.05, 0.1) is 15.1 Å². The van der Waals surface area contributed by atoms with E-state index in [1.165, 1.54) is 24.3 Å². The Morgan fingerprint density at radius 3 is 2.42 bits per heavy atom. The van der Waals surface area contributed by atoms with Crippen LogP contribution in [0.4, 0.5) is 8.78 Å². The van der Waals surface area contributed by atoms with E-state index in [9.17, 15) is 17.2 Å².